The predicted molar refractivity (Wildman–Crippen MR) is 96.5 cm³/mol. The van der Waals surface area contributed by atoms with Gasteiger partial charge in [-0.05, 0) is 38.0 Å². The van der Waals surface area contributed by atoms with E-state index >= 15 is 0 Å². The summed E-state index contributed by atoms with van der Waals surface area (Å²) in [7, 11) is 0. The largest absolute Gasteiger partial charge is 0.483 e. The molecular weight excluding hydrogens is 314 g/mol. The van der Waals surface area contributed by atoms with E-state index in [9.17, 15) is 4.79 Å². The second-order valence-corrected chi connectivity index (χ2v) is 6.74. The average Bonchev–Trinajstić information content (AvgIpc) is 3.04. The summed E-state index contributed by atoms with van der Waals surface area (Å²) in [6.45, 7) is 4.22. The molecule has 2 aliphatic rings. The van der Waals surface area contributed by atoms with E-state index in [2.05, 4.69) is 23.3 Å². The van der Waals surface area contributed by atoms with Gasteiger partial charge in [0.2, 0.25) is 0 Å². The zero-order valence-electron chi connectivity index (χ0n) is 14.5. The Labute approximate surface area is 147 Å². The number of aromatic nitrogens is 2. The fourth-order valence-electron chi connectivity index (χ4n) is 3.62. The first-order chi connectivity index (χ1) is 12.2. The lowest BCUT2D eigenvalue weighted by molar-refractivity contribution is 0.0724. The predicted octanol–water partition coefficient (Wildman–Crippen LogP) is 3.37. The van der Waals surface area contributed by atoms with Crippen LogP contribution in [-0.4, -0.2) is 39.3 Å². The normalized spacial score (nSPS) is 22.4. The van der Waals surface area contributed by atoms with Crippen LogP contribution in [0.3, 0.4) is 0 Å². The summed E-state index contributed by atoms with van der Waals surface area (Å²) in [4.78, 5) is 14.7. The van der Waals surface area contributed by atoms with Crippen molar-refractivity contribution in [3.8, 4) is 5.75 Å². The number of likely N-dealkylation sites (tertiary alicyclic amines) is 1. The maximum absolute atomic E-state index is 12.7. The molecule has 1 atom stereocenters. The van der Waals surface area contributed by atoms with Crippen LogP contribution in [0.1, 0.15) is 42.2 Å². The molecule has 0 N–H and O–H groups in total. The number of carbonyl (C=O) groups is 1. The summed E-state index contributed by atoms with van der Waals surface area (Å²) in [5.74, 6) is 0.955. The van der Waals surface area contributed by atoms with Crippen molar-refractivity contribution in [2.24, 2.45) is 0 Å². The highest BCUT2D eigenvalue weighted by atomic mass is 16.5. The van der Waals surface area contributed by atoms with Crippen LogP contribution in [0.25, 0.3) is 6.08 Å². The van der Waals surface area contributed by atoms with Crippen LogP contribution in [0.15, 0.2) is 42.6 Å². The Bertz CT molecular complexity index is 811. The van der Waals surface area contributed by atoms with Crippen LogP contribution in [0.2, 0.25) is 0 Å². The Hall–Kier alpha value is -2.56. The molecule has 2 aromatic rings. The van der Waals surface area contributed by atoms with Crippen molar-refractivity contribution in [2.45, 2.75) is 38.3 Å². The summed E-state index contributed by atoms with van der Waals surface area (Å²) < 4.78 is 8.14. The Morgan fingerprint density at radius 1 is 1.24 bits per heavy atom. The molecule has 0 aliphatic carbocycles. The quantitative estimate of drug-likeness (QED) is 0.844. The second-order valence-electron chi connectivity index (χ2n) is 6.74. The van der Waals surface area contributed by atoms with Crippen molar-refractivity contribution in [1.29, 1.82) is 0 Å². The van der Waals surface area contributed by atoms with Crippen molar-refractivity contribution in [3.63, 3.8) is 0 Å². The number of para-hydroxylation sites is 1. The van der Waals surface area contributed by atoms with Gasteiger partial charge < -0.3 is 9.64 Å². The molecule has 25 heavy (non-hydrogen) atoms. The van der Waals surface area contributed by atoms with Gasteiger partial charge in [-0.2, -0.15) is 5.10 Å². The minimum Gasteiger partial charge on any atom is -0.483 e. The fraction of sp³-hybridized carbons (Fsp3) is 0.400. The third-order valence-corrected chi connectivity index (χ3v) is 5.10. The standard InChI is InChI=1S/C20H23N3O2/c1-2-23-14-9-17(21-23)19(24)22-13-5-10-20(12-15-22)11-8-16-6-3-4-7-18(16)25-20/h3-4,6-9,11,14H,2,5,10,12-13,15H2,1H3/t20-/m1/s1. The van der Waals surface area contributed by atoms with E-state index in [0.717, 1.165) is 43.7 Å². The lowest BCUT2D eigenvalue weighted by Gasteiger charge is -2.34. The van der Waals surface area contributed by atoms with Crippen molar-refractivity contribution >= 4 is 12.0 Å². The fourth-order valence-corrected chi connectivity index (χ4v) is 3.62. The number of carbonyl (C=O) groups excluding carboxylic acids is 1. The van der Waals surface area contributed by atoms with E-state index in [0.29, 0.717) is 12.2 Å². The van der Waals surface area contributed by atoms with Gasteiger partial charge in [0.05, 0.1) is 0 Å². The Morgan fingerprint density at radius 3 is 2.96 bits per heavy atom. The Kier molecular flexibility index (Phi) is 4.07. The zero-order chi connectivity index (χ0) is 17.3. The molecule has 1 spiro atoms. The molecule has 1 aromatic carbocycles. The topological polar surface area (TPSA) is 47.4 Å². The lowest BCUT2D eigenvalue weighted by atomic mass is 9.91. The second kappa shape index (κ2) is 6.39. The van der Waals surface area contributed by atoms with Crippen molar-refractivity contribution in [2.75, 3.05) is 13.1 Å². The number of hydrogen-bond acceptors (Lipinski definition) is 3. The molecule has 5 nitrogen and oxygen atoms in total. The van der Waals surface area contributed by atoms with Crippen LogP contribution in [0.4, 0.5) is 0 Å². The maximum atomic E-state index is 12.7. The molecule has 3 heterocycles. The van der Waals surface area contributed by atoms with Crippen LogP contribution < -0.4 is 4.74 Å². The molecule has 0 unspecified atom stereocenters. The van der Waals surface area contributed by atoms with Gasteiger partial charge in [0.25, 0.3) is 5.91 Å². The first-order valence-corrected chi connectivity index (χ1v) is 8.99. The van der Waals surface area contributed by atoms with E-state index in [1.807, 2.05) is 36.2 Å². The van der Waals surface area contributed by atoms with Crippen LogP contribution in [-0.2, 0) is 6.54 Å². The zero-order valence-corrected chi connectivity index (χ0v) is 14.5. The molecule has 0 radical (unpaired) electrons. The molecule has 5 heteroatoms. The molecule has 4 rings (SSSR count). The summed E-state index contributed by atoms with van der Waals surface area (Å²) in [6, 6.07) is 9.91. The molecule has 1 saturated heterocycles. The minimum atomic E-state index is -0.299. The smallest absolute Gasteiger partial charge is 0.274 e. The number of rotatable bonds is 2. The first kappa shape index (κ1) is 15.9. The third kappa shape index (κ3) is 3.06. The minimum absolute atomic E-state index is 0.0180. The monoisotopic (exact) mass is 337 g/mol. The molecule has 1 amide bonds. The van der Waals surface area contributed by atoms with Crippen molar-refractivity contribution < 1.29 is 9.53 Å². The van der Waals surface area contributed by atoms with Gasteiger partial charge >= 0.3 is 0 Å². The number of aryl methyl sites for hydroxylation is 1. The highest BCUT2D eigenvalue weighted by Crippen LogP contribution is 2.37. The van der Waals surface area contributed by atoms with Crippen LogP contribution in [0.5, 0.6) is 5.75 Å². The SMILES string of the molecule is CCn1ccc(C(=O)N2CCC[C@@]3(C=Cc4ccccc4O3)CC2)n1. The van der Waals surface area contributed by atoms with Gasteiger partial charge in [-0.25, -0.2) is 0 Å². The highest BCUT2D eigenvalue weighted by Gasteiger charge is 2.36. The van der Waals surface area contributed by atoms with Gasteiger partial charge in [-0.1, -0.05) is 24.3 Å². The first-order valence-electron chi connectivity index (χ1n) is 8.99. The van der Waals surface area contributed by atoms with E-state index in [1.165, 1.54) is 0 Å². The summed E-state index contributed by atoms with van der Waals surface area (Å²) in [6.07, 6.45) is 8.83. The lowest BCUT2D eigenvalue weighted by Crippen LogP contribution is -2.38. The maximum Gasteiger partial charge on any atom is 0.274 e. The molecular formula is C20H23N3O2. The van der Waals surface area contributed by atoms with Gasteiger partial charge in [-0.3, -0.25) is 9.48 Å². The Balaban J connectivity index is 1.48. The number of nitrogens with zero attached hydrogens (tertiary/aromatic N) is 3. The number of amides is 1. The molecule has 2 aliphatic heterocycles. The number of hydrogen-bond donors (Lipinski definition) is 0. The van der Waals surface area contributed by atoms with Crippen molar-refractivity contribution in [1.82, 2.24) is 14.7 Å². The van der Waals surface area contributed by atoms with Crippen molar-refractivity contribution in [3.05, 3.63) is 53.9 Å². The average molecular weight is 337 g/mol. The van der Waals surface area contributed by atoms with E-state index in [-0.39, 0.29) is 11.5 Å². The molecule has 1 fully saturated rings. The summed E-state index contributed by atoms with van der Waals surface area (Å²) in [5, 5.41) is 4.35. The number of ether oxygens (including phenoxy) is 1. The number of fused-ring (bicyclic) bond motifs is 1. The van der Waals surface area contributed by atoms with E-state index in [4.69, 9.17) is 4.74 Å². The summed E-state index contributed by atoms with van der Waals surface area (Å²) >= 11 is 0. The molecule has 130 valence electrons. The van der Waals surface area contributed by atoms with Gasteiger partial charge in [0.15, 0.2) is 0 Å². The summed E-state index contributed by atoms with van der Waals surface area (Å²) in [5.41, 5.74) is 1.35. The van der Waals surface area contributed by atoms with Gasteiger partial charge in [0, 0.05) is 37.8 Å². The van der Waals surface area contributed by atoms with Gasteiger partial charge in [0.1, 0.15) is 17.0 Å². The van der Waals surface area contributed by atoms with Gasteiger partial charge in [-0.15, -0.1) is 0 Å². The van der Waals surface area contributed by atoms with Crippen LogP contribution in [0, 0.1) is 0 Å². The highest BCUT2D eigenvalue weighted by molar-refractivity contribution is 5.92. The Morgan fingerprint density at radius 2 is 2.12 bits per heavy atom. The van der Waals surface area contributed by atoms with Crippen LogP contribution >= 0.6 is 0 Å². The molecule has 0 bridgehead atoms. The molecule has 1 aromatic heterocycles. The van der Waals surface area contributed by atoms with E-state index in [1.54, 1.807) is 10.7 Å². The van der Waals surface area contributed by atoms with E-state index < -0.39 is 0 Å². The third-order valence-electron chi connectivity index (χ3n) is 5.10. The number of benzene rings is 1. The molecule has 0 saturated carbocycles.